The Balaban J connectivity index is 1.71. The molecule has 3 nitrogen and oxygen atoms in total. The number of hydrogen-bond donors (Lipinski definition) is 1. The van der Waals surface area contributed by atoms with Crippen LogP contribution in [0.3, 0.4) is 0 Å². The van der Waals surface area contributed by atoms with Gasteiger partial charge in [0.05, 0.1) is 0 Å². The maximum atomic E-state index is 4.46. The van der Waals surface area contributed by atoms with E-state index in [4.69, 9.17) is 0 Å². The van der Waals surface area contributed by atoms with Crippen LogP contribution in [-0.2, 0) is 6.42 Å². The number of fused-ring (bicyclic) bond motifs is 3. The zero-order valence-electron chi connectivity index (χ0n) is 11.0. The van der Waals surface area contributed by atoms with Crippen molar-refractivity contribution in [2.45, 2.75) is 37.6 Å². The standard InChI is InChI=1S/C16H19N3/c1-2-5-13-12(4-1)7-8-15-14(13)6-3-11-19(15)16-17-9-10-18-16/h1-2,4-5,9-10,14-15H,3,6-8,11H2,(H,17,18)/t14-,15+/m1/s1. The number of aromatic amines is 1. The Hall–Kier alpha value is -1.77. The van der Waals surface area contributed by atoms with Crippen LogP contribution in [0.25, 0.3) is 0 Å². The van der Waals surface area contributed by atoms with Gasteiger partial charge in [0.1, 0.15) is 0 Å². The van der Waals surface area contributed by atoms with Crippen molar-refractivity contribution in [2.24, 2.45) is 0 Å². The Morgan fingerprint density at radius 1 is 1.21 bits per heavy atom. The Bertz CT molecular complexity index is 561. The van der Waals surface area contributed by atoms with Crippen molar-refractivity contribution in [3.63, 3.8) is 0 Å². The second-order valence-electron chi connectivity index (χ2n) is 5.66. The van der Waals surface area contributed by atoms with Gasteiger partial charge in [-0.05, 0) is 36.8 Å². The van der Waals surface area contributed by atoms with E-state index in [2.05, 4.69) is 39.1 Å². The lowest BCUT2D eigenvalue weighted by Gasteiger charge is -2.44. The maximum absolute atomic E-state index is 4.46. The fourth-order valence-corrected chi connectivity index (χ4v) is 3.88. The second-order valence-corrected chi connectivity index (χ2v) is 5.66. The minimum absolute atomic E-state index is 0.620. The average molecular weight is 253 g/mol. The van der Waals surface area contributed by atoms with Gasteiger partial charge >= 0.3 is 0 Å². The fourth-order valence-electron chi connectivity index (χ4n) is 3.88. The van der Waals surface area contributed by atoms with Crippen molar-refractivity contribution in [3.8, 4) is 0 Å². The summed E-state index contributed by atoms with van der Waals surface area (Å²) in [6.45, 7) is 1.14. The number of aryl methyl sites for hydroxylation is 1. The van der Waals surface area contributed by atoms with Gasteiger partial charge in [0, 0.05) is 30.9 Å². The molecule has 2 aliphatic rings. The summed E-state index contributed by atoms with van der Waals surface area (Å²) in [5.41, 5.74) is 3.14. The highest BCUT2D eigenvalue weighted by molar-refractivity contribution is 5.41. The third-order valence-electron chi connectivity index (χ3n) is 4.70. The highest BCUT2D eigenvalue weighted by Crippen LogP contribution is 2.41. The van der Waals surface area contributed by atoms with E-state index in [-0.39, 0.29) is 0 Å². The molecule has 98 valence electrons. The smallest absolute Gasteiger partial charge is 0.203 e. The number of nitrogens with zero attached hydrogens (tertiary/aromatic N) is 2. The number of hydrogen-bond acceptors (Lipinski definition) is 2. The molecule has 4 rings (SSSR count). The topological polar surface area (TPSA) is 31.9 Å². The maximum Gasteiger partial charge on any atom is 0.203 e. The van der Waals surface area contributed by atoms with E-state index in [1.165, 1.54) is 25.7 Å². The van der Waals surface area contributed by atoms with Gasteiger partial charge in [-0.25, -0.2) is 4.98 Å². The molecule has 1 aliphatic heterocycles. The van der Waals surface area contributed by atoms with Crippen LogP contribution in [0.5, 0.6) is 0 Å². The number of rotatable bonds is 1. The van der Waals surface area contributed by atoms with E-state index < -0.39 is 0 Å². The fraction of sp³-hybridized carbons (Fsp3) is 0.438. The molecular formula is C16H19N3. The quantitative estimate of drug-likeness (QED) is 0.847. The number of piperidine rings is 1. The van der Waals surface area contributed by atoms with Gasteiger partial charge in [-0.15, -0.1) is 0 Å². The van der Waals surface area contributed by atoms with Crippen molar-refractivity contribution in [1.29, 1.82) is 0 Å². The first kappa shape index (κ1) is 11.1. The number of anilines is 1. The normalized spacial score (nSPS) is 25.8. The van der Waals surface area contributed by atoms with E-state index in [1.807, 2.05) is 12.4 Å². The molecule has 0 unspecified atom stereocenters. The molecule has 0 spiro atoms. The summed E-state index contributed by atoms with van der Waals surface area (Å²) in [6.07, 6.45) is 8.82. The molecule has 2 atom stereocenters. The van der Waals surface area contributed by atoms with Crippen molar-refractivity contribution in [1.82, 2.24) is 9.97 Å². The van der Waals surface area contributed by atoms with Crippen LogP contribution in [0.2, 0.25) is 0 Å². The van der Waals surface area contributed by atoms with Crippen LogP contribution in [0, 0.1) is 0 Å². The SMILES string of the molecule is c1ccc2c(c1)CC[C@H]1[C@@H]2CCCN1c1ncc[nH]1. The Morgan fingerprint density at radius 2 is 2.16 bits per heavy atom. The largest absolute Gasteiger partial charge is 0.339 e. The molecule has 0 amide bonds. The average Bonchev–Trinajstić information content (AvgIpc) is 3.00. The van der Waals surface area contributed by atoms with E-state index >= 15 is 0 Å². The summed E-state index contributed by atoms with van der Waals surface area (Å²) in [6, 6.07) is 9.61. The second kappa shape index (κ2) is 4.41. The molecule has 0 bridgehead atoms. The van der Waals surface area contributed by atoms with Crippen LogP contribution in [0.4, 0.5) is 5.95 Å². The first-order valence-corrected chi connectivity index (χ1v) is 7.27. The lowest BCUT2D eigenvalue weighted by Crippen LogP contribution is -2.47. The van der Waals surface area contributed by atoms with Gasteiger partial charge in [0.25, 0.3) is 0 Å². The molecule has 1 aromatic carbocycles. The Kier molecular flexibility index (Phi) is 2.57. The molecule has 1 saturated heterocycles. The summed E-state index contributed by atoms with van der Waals surface area (Å²) < 4.78 is 0. The minimum atomic E-state index is 0.620. The van der Waals surface area contributed by atoms with Gasteiger partial charge < -0.3 is 9.88 Å². The van der Waals surface area contributed by atoms with Gasteiger partial charge in [-0.1, -0.05) is 24.3 Å². The monoisotopic (exact) mass is 253 g/mol. The highest BCUT2D eigenvalue weighted by atomic mass is 15.3. The molecule has 0 radical (unpaired) electrons. The third-order valence-corrected chi connectivity index (χ3v) is 4.70. The number of benzene rings is 1. The van der Waals surface area contributed by atoms with E-state index in [9.17, 15) is 0 Å². The van der Waals surface area contributed by atoms with E-state index in [0.717, 1.165) is 12.5 Å². The van der Waals surface area contributed by atoms with Crippen molar-refractivity contribution in [2.75, 3.05) is 11.4 Å². The molecule has 2 aromatic rings. The molecule has 3 heteroatoms. The van der Waals surface area contributed by atoms with Crippen LogP contribution in [0.15, 0.2) is 36.7 Å². The molecule has 1 aliphatic carbocycles. The van der Waals surface area contributed by atoms with Crippen LogP contribution >= 0.6 is 0 Å². The predicted octanol–water partition coefficient (Wildman–Crippen LogP) is 3.11. The molecule has 1 fully saturated rings. The zero-order valence-corrected chi connectivity index (χ0v) is 11.0. The summed E-state index contributed by atoms with van der Waals surface area (Å²) in [4.78, 5) is 10.2. The summed E-state index contributed by atoms with van der Waals surface area (Å²) in [5, 5.41) is 0. The first-order chi connectivity index (χ1) is 9.43. The van der Waals surface area contributed by atoms with E-state index in [0.29, 0.717) is 12.0 Å². The molecule has 19 heavy (non-hydrogen) atoms. The minimum Gasteiger partial charge on any atom is -0.339 e. The van der Waals surface area contributed by atoms with Crippen molar-refractivity contribution < 1.29 is 0 Å². The van der Waals surface area contributed by atoms with Crippen LogP contribution < -0.4 is 4.90 Å². The number of aromatic nitrogens is 2. The molecule has 2 heterocycles. The van der Waals surface area contributed by atoms with Crippen molar-refractivity contribution >= 4 is 5.95 Å². The van der Waals surface area contributed by atoms with Gasteiger partial charge in [0.15, 0.2) is 0 Å². The van der Waals surface area contributed by atoms with Crippen molar-refractivity contribution in [3.05, 3.63) is 47.8 Å². The zero-order chi connectivity index (χ0) is 12.7. The third kappa shape index (κ3) is 1.76. The first-order valence-electron chi connectivity index (χ1n) is 7.27. The number of H-pyrrole nitrogens is 1. The lowest BCUT2D eigenvalue weighted by molar-refractivity contribution is 0.361. The van der Waals surface area contributed by atoms with Gasteiger partial charge in [-0.3, -0.25) is 0 Å². The summed E-state index contributed by atoms with van der Waals surface area (Å²) in [5.74, 6) is 1.73. The molecular weight excluding hydrogens is 234 g/mol. The summed E-state index contributed by atoms with van der Waals surface area (Å²) in [7, 11) is 0. The molecule has 1 N–H and O–H groups in total. The van der Waals surface area contributed by atoms with Crippen LogP contribution in [0.1, 0.15) is 36.3 Å². The summed E-state index contributed by atoms with van der Waals surface area (Å²) >= 11 is 0. The molecule has 0 saturated carbocycles. The predicted molar refractivity (Wildman–Crippen MR) is 76.5 cm³/mol. The van der Waals surface area contributed by atoms with Gasteiger partial charge in [-0.2, -0.15) is 0 Å². The van der Waals surface area contributed by atoms with Crippen LogP contribution in [-0.4, -0.2) is 22.6 Å². The Morgan fingerprint density at radius 3 is 3.05 bits per heavy atom. The molecule has 1 aromatic heterocycles. The Labute approximate surface area is 113 Å². The highest BCUT2D eigenvalue weighted by Gasteiger charge is 2.36. The van der Waals surface area contributed by atoms with E-state index in [1.54, 1.807) is 11.1 Å². The number of imidazole rings is 1. The number of nitrogens with one attached hydrogen (secondary N) is 1. The lowest BCUT2D eigenvalue weighted by atomic mass is 9.74. The van der Waals surface area contributed by atoms with Gasteiger partial charge in [0.2, 0.25) is 5.95 Å².